The minimum absolute atomic E-state index is 0. The van der Waals surface area contributed by atoms with Crippen LogP contribution in [-0.2, 0) is 4.79 Å². The molecule has 0 aliphatic carbocycles. The summed E-state index contributed by atoms with van der Waals surface area (Å²) < 4.78 is 0. The molecule has 8 heavy (non-hydrogen) atoms. The molecule has 0 aromatic carbocycles. The van der Waals surface area contributed by atoms with Gasteiger partial charge in [-0.1, -0.05) is 6.08 Å². The van der Waals surface area contributed by atoms with E-state index in [0.717, 1.165) is 0 Å². The number of hydrogen-bond donors (Lipinski definition) is 1. The molecule has 0 fully saturated rings. The molecular formula is C5H10MgO2. The lowest BCUT2D eigenvalue weighted by molar-refractivity contribution is -0.132. The Labute approximate surface area is 64.7 Å². The van der Waals surface area contributed by atoms with E-state index in [1.165, 1.54) is 0 Å². The van der Waals surface area contributed by atoms with Crippen LogP contribution in [-0.4, -0.2) is 34.1 Å². The maximum absolute atomic E-state index is 9.86. The lowest BCUT2D eigenvalue weighted by Crippen LogP contribution is -1.93. The van der Waals surface area contributed by atoms with Crippen molar-refractivity contribution in [2.24, 2.45) is 0 Å². The second kappa shape index (κ2) is 5.12. The molecule has 0 aromatic heterocycles. The van der Waals surface area contributed by atoms with Crippen molar-refractivity contribution in [3.63, 3.8) is 0 Å². The van der Waals surface area contributed by atoms with Crippen LogP contribution >= 0.6 is 0 Å². The van der Waals surface area contributed by atoms with Crippen LogP contribution in [0.15, 0.2) is 11.6 Å². The number of carbonyl (C=O) groups is 1. The topological polar surface area (TPSA) is 37.3 Å². The Morgan fingerprint density at radius 2 is 2.00 bits per heavy atom. The quantitative estimate of drug-likeness (QED) is 0.400. The van der Waals surface area contributed by atoms with Crippen molar-refractivity contribution in [3.8, 4) is 0 Å². The van der Waals surface area contributed by atoms with Crippen molar-refractivity contribution in [1.82, 2.24) is 0 Å². The molecule has 0 radical (unpaired) electrons. The fourth-order valence-electron chi connectivity index (χ4n) is 0.123. The summed E-state index contributed by atoms with van der Waals surface area (Å²) in [4.78, 5) is 9.86. The Morgan fingerprint density at radius 3 is 2.00 bits per heavy atom. The van der Waals surface area contributed by atoms with Crippen molar-refractivity contribution in [3.05, 3.63) is 11.6 Å². The van der Waals surface area contributed by atoms with Crippen LogP contribution < -0.4 is 0 Å². The van der Waals surface area contributed by atoms with Crippen LogP contribution in [0.2, 0.25) is 0 Å². The Morgan fingerprint density at radius 1 is 1.62 bits per heavy atom. The zero-order valence-electron chi connectivity index (χ0n) is 4.43. The van der Waals surface area contributed by atoms with Crippen molar-refractivity contribution < 1.29 is 9.90 Å². The minimum Gasteiger partial charge on any atom is -0.478 e. The molecule has 0 aliphatic rings. The van der Waals surface area contributed by atoms with Gasteiger partial charge >= 0.3 is 29.0 Å². The maximum atomic E-state index is 9.86. The molecule has 0 spiro atoms. The number of carboxylic acids is 1. The first-order valence-electron chi connectivity index (χ1n) is 2.04. The van der Waals surface area contributed by atoms with E-state index in [1.807, 2.05) is 0 Å². The van der Waals surface area contributed by atoms with E-state index in [9.17, 15) is 4.79 Å². The molecule has 1 N–H and O–H groups in total. The predicted molar refractivity (Wildman–Crippen MR) is 35.6 cm³/mol. The third kappa shape index (κ3) is 4.14. The summed E-state index contributed by atoms with van der Waals surface area (Å²) >= 11 is 0. The molecule has 0 atom stereocenters. The van der Waals surface area contributed by atoms with E-state index in [0.29, 0.717) is 5.57 Å². The number of allylic oxidation sites excluding steroid dienone is 1. The van der Waals surface area contributed by atoms with Crippen LogP contribution in [0.25, 0.3) is 0 Å². The molecule has 0 heterocycles. The van der Waals surface area contributed by atoms with Gasteiger partial charge in [0.15, 0.2) is 0 Å². The van der Waals surface area contributed by atoms with E-state index in [2.05, 4.69) is 0 Å². The molecule has 0 bridgehead atoms. The Kier molecular flexibility index (Phi) is 6.96. The van der Waals surface area contributed by atoms with Crippen LogP contribution in [0.5, 0.6) is 0 Å². The van der Waals surface area contributed by atoms with Gasteiger partial charge in [-0.05, 0) is 13.8 Å². The van der Waals surface area contributed by atoms with Crippen molar-refractivity contribution >= 4 is 29.0 Å². The molecule has 0 aliphatic heterocycles. The van der Waals surface area contributed by atoms with E-state index in [4.69, 9.17) is 5.11 Å². The smallest absolute Gasteiger partial charge is 0.330 e. The van der Waals surface area contributed by atoms with Crippen LogP contribution in [0.4, 0.5) is 0 Å². The van der Waals surface area contributed by atoms with Gasteiger partial charge in [0.05, 0.1) is 0 Å². The normalized spacial score (nSPS) is 10.0. The zero-order chi connectivity index (χ0) is 5.86. The summed E-state index contributed by atoms with van der Waals surface area (Å²) in [5.41, 5.74) is 0.389. The third-order valence-corrected chi connectivity index (χ3v) is 0.770. The number of carboxylic acid groups (broad SMARTS) is 1. The molecule has 0 saturated carbocycles. The third-order valence-electron chi connectivity index (χ3n) is 0.770. The number of aliphatic carboxylic acids is 1. The van der Waals surface area contributed by atoms with Gasteiger partial charge in [-0.25, -0.2) is 4.79 Å². The van der Waals surface area contributed by atoms with E-state index >= 15 is 0 Å². The fraction of sp³-hybridized carbons (Fsp3) is 0.400. The SMILES string of the molecule is CC=C(C)C(=O)O.[MgH2]. The van der Waals surface area contributed by atoms with Gasteiger partial charge in [0.25, 0.3) is 0 Å². The average Bonchev–Trinajstić information content (AvgIpc) is 1.65. The van der Waals surface area contributed by atoms with Gasteiger partial charge < -0.3 is 5.11 Å². The van der Waals surface area contributed by atoms with E-state index < -0.39 is 5.97 Å². The van der Waals surface area contributed by atoms with Crippen molar-refractivity contribution in [2.45, 2.75) is 13.8 Å². The van der Waals surface area contributed by atoms with Crippen LogP contribution in [0.1, 0.15) is 13.8 Å². The molecule has 2 nitrogen and oxygen atoms in total. The lowest BCUT2D eigenvalue weighted by Gasteiger charge is -1.84. The summed E-state index contributed by atoms with van der Waals surface area (Å²) in [6.45, 7) is 3.26. The second-order valence-corrected chi connectivity index (χ2v) is 1.28. The monoisotopic (exact) mass is 126 g/mol. The summed E-state index contributed by atoms with van der Waals surface area (Å²) in [5.74, 6) is -0.845. The maximum Gasteiger partial charge on any atom is 0.330 e. The predicted octanol–water partition coefficient (Wildman–Crippen LogP) is 0.121. The molecule has 0 rings (SSSR count). The highest BCUT2D eigenvalue weighted by molar-refractivity contribution is 5.85. The first-order valence-corrected chi connectivity index (χ1v) is 2.04. The largest absolute Gasteiger partial charge is 0.478 e. The molecule has 0 amide bonds. The second-order valence-electron chi connectivity index (χ2n) is 1.28. The molecule has 0 unspecified atom stereocenters. The van der Waals surface area contributed by atoms with Crippen LogP contribution in [0, 0.1) is 0 Å². The van der Waals surface area contributed by atoms with Gasteiger partial charge in [0, 0.05) is 5.57 Å². The van der Waals surface area contributed by atoms with Gasteiger partial charge in [0.2, 0.25) is 0 Å². The summed E-state index contributed by atoms with van der Waals surface area (Å²) in [6, 6.07) is 0. The molecule has 0 saturated heterocycles. The van der Waals surface area contributed by atoms with Gasteiger partial charge in [0.1, 0.15) is 0 Å². The van der Waals surface area contributed by atoms with Gasteiger partial charge in [-0.3, -0.25) is 0 Å². The minimum atomic E-state index is -0.845. The first kappa shape index (κ1) is 10.9. The molecule has 0 aromatic rings. The van der Waals surface area contributed by atoms with Gasteiger partial charge in [-0.2, -0.15) is 0 Å². The zero-order valence-corrected chi connectivity index (χ0v) is 4.43. The van der Waals surface area contributed by atoms with Gasteiger partial charge in [-0.15, -0.1) is 0 Å². The molecular weight excluding hydrogens is 116 g/mol. The number of rotatable bonds is 1. The number of hydrogen-bond acceptors (Lipinski definition) is 1. The highest BCUT2D eigenvalue weighted by Gasteiger charge is 1.93. The van der Waals surface area contributed by atoms with Crippen LogP contribution in [0.3, 0.4) is 0 Å². The standard InChI is InChI=1S/C5H8O2.Mg.2H/c1-3-4(2)5(6)7;;;/h3H,1-2H3,(H,6,7);;;. The lowest BCUT2D eigenvalue weighted by atomic mass is 10.3. The Bertz CT molecular complexity index is 107. The van der Waals surface area contributed by atoms with Crippen molar-refractivity contribution in [1.29, 1.82) is 0 Å². The first-order chi connectivity index (χ1) is 3.18. The summed E-state index contributed by atoms with van der Waals surface area (Å²) in [7, 11) is 0. The summed E-state index contributed by atoms with van der Waals surface area (Å²) in [5, 5.41) is 8.11. The van der Waals surface area contributed by atoms with E-state index in [1.54, 1.807) is 19.9 Å². The Hall–Kier alpha value is -0.0238. The average molecular weight is 126 g/mol. The van der Waals surface area contributed by atoms with E-state index in [-0.39, 0.29) is 23.1 Å². The molecule has 44 valence electrons. The Balaban J connectivity index is 0. The highest BCUT2D eigenvalue weighted by atomic mass is 24.3. The highest BCUT2D eigenvalue weighted by Crippen LogP contribution is 1.87. The fourth-order valence-corrected chi connectivity index (χ4v) is 0.123. The molecule has 3 heteroatoms. The summed E-state index contributed by atoms with van der Waals surface area (Å²) in [6.07, 6.45) is 1.56. The van der Waals surface area contributed by atoms with Crippen molar-refractivity contribution in [2.75, 3.05) is 0 Å².